The highest BCUT2D eigenvalue weighted by atomic mass is 32.2. The van der Waals surface area contributed by atoms with Gasteiger partial charge in [-0.15, -0.1) is 0 Å². The van der Waals surface area contributed by atoms with Gasteiger partial charge in [-0.3, -0.25) is 0 Å². The van der Waals surface area contributed by atoms with E-state index >= 15 is 0 Å². The van der Waals surface area contributed by atoms with Crippen LogP contribution in [-0.2, 0) is 10.1 Å². The number of para-hydroxylation sites is 1. The molecule has 0 unspecified atom stereocenters. The fourth-order valence-corrected chi connectivity index (χ4v) is 4.00. The van der Waals surface area contributed by atoms with Crippen molar-refractivity contribution in [3.8, 4) is 5.75 Å². The molecule has 22 heavy (non-hydrogen) atoms. The molecule has 3 rings (SSSR count). The van der Waals surface area contributed by atoms with Crippen molar-refractivity contribution in [3.63, 3.8) is 0 Å². The molecule has 0 atom stereocenters. The second kappa shape index (κ2) is 6.53. The molecule has 1 saturated carbocycles. The summed E-state index contributed by atoms with van der Waals surface area (Å²) in [6, 6.07) is 15.8. The van der Waals surface area contributed by atoms with Gasteiger partial charge in [-0.05, 0) is 48.6 Å². The molecule has 0 heterocycles. The number of benzene rings is 2. The monoisotopic (exact) mass is 316 g/mol. The molecule has 1 fully saturated rings. The summed E-state index contributed by atoms with van der Waals surface area (Å²) in [6.45, 7) is 0. The van der Waals surface area contributed by atoms with Crippen LogP contribution in [0.25, 0.3) is 0 Å². The van der Waals surface area contributed by atoms with Crippen LogP contribution >= 0.6 is 0 Å². The average molecular weight is 316 g/mol. The molecule has 0 N–H and O–H groups in total. The van der Waals surface area contributed by atoms with Crippen LogP contribution in [0.15, 0.2) is 59.5 Å². The highest BCUT2D eigenvalue weighted by Gasteiger charge is 2.20. The SMILES string of the molecule is O=S(=O)(Oc1ccccc1)c1cccc(C2CCCCC2)c1. The van der Waals surface area contributed by atoms with E-state index in [1.807, 2.05) is 18.2 Å². The Morgan fingerprint density at radius 1 is 0.864 bits per heavy atom. The Labute approximate surface area is 132 Å². The lowest BCUT2D eigenvalue weighted by Gasteiger charge is -2.22. The Balaban J connectivity index is 1.84. The minimum absolute atomic E-state index is 0.236. The fraction of sp³-hybridized carbons (Fsp3) is 0.333. The molecule has 0 aliphatic heterocycles. The number of hydrogen-bond donors (Lipinski definition) is 0. The predicted octanol–water partition coefficient (Wildman–Crippen LogP) is 4.50. The minimum atomic E-state index is -3.77. The van der Waals surface area contributed by atoms with Gasteiger partial charge in [-0.1, -0.05) is 49.6 Å². The van der Waals surface area contributed by atoms with Crippen molar-refractivity contribution < 1.29 is 12.6 Å². The molecule has 2 aromatic carbocycles. The Bertz CT molecular complexity index is 717. The van der Waals surface area contributed by atoms with Crippen molar-refractivity contribution in [2.75, 3.05) is 0 Å². The van der Waals surface area contributed by atoms with Gasteiger partial charge in [0.15, 0.2) is 0 Å². The lowest BCUT2D eigenvalue weighted by Crippen LogP contribution is -2.11. The van der Waals surface area contributed by atoms with Gasteiger partial charge in [-0.25, -0.2) is 0 Å². The molecule has 0 radical (unpaired) electrons. The highest BCUT2D eigenvalue weighted by Crippen LogP contribution is 2.33. The second-order valence-corrected chi connectivity index (χ2v) is 7.30. The third-order valence-electron chi connectivity index (χ3n) is 4.17. The van der Waals surface area contributed by atoms with Crippen molar-refractivity contribution in [3.05, 3.63) is 60.2 Å². The molecular formula is C18H20O3S. The normalized spacial score (nSPS) is 16.4. The van der Waals surface area contributed by atoms with Crippen molar-refractivity contribution in [1.29, 1.82) is 0 Å². The maximum Gasteiger partial charge on any atom is 0.339 e. The van der Waals surface area contributed by atoms with E-state index in [1.54, 1.807) is 36.4 Å². The van der Waals surface area contributed by atoms with E-state index in [1.165, 1.54) is 19.3 Å². The zero-order chi connectivity index (χ0) is 15.4. The van der Waals surface area contributed by atoms with E-state index in [-0.39, 0.29) is 4.90 Å². The Kier molecular flexibility index (Phi) is 4.48. The van der Waals surface area contributed by atoms with E-state index in [0.717, 1.165) is 18.4 Å². The minimum Gasteiger partial charge on any atom is -0.379 e. The van der Waals surface area contributed by atoms with E-state index in [0.29, 0.717) is 11.7 Å². The van der Waals surface area contributed by atoms with Crippen LogP contribution < -0.4 is 4.18 Å². The molecule has 116 valence electrons. The summed E-state index contributed by atoms with van der Waals surface area (Å²) in [4.78, 5) is 0.236. The van der Waals surface area contributed by atoms with Gasteiger partial charge < -0.3 is 4.18 Å². The third-order valence-corrected chi connectivity index (χ3v) is 5.42. The molecule has 0 bridgehead atoms. The van der Waals surface area contributed by atoms with Crippen LogP contribution in [0.3, 0.4) is 0 Å². The number of hydrogen-bond acceptors (Lipinski definition) is 3. The average Bonchev–Trinajstić information content (AvgIpc) is 2.56. The van der Waals surface area contributed by atoms with E-state index in [4.69, 9.17) is 4.18 Å². The predicted molar refractivity (Wildman–Crippen MR) is 86.5 cm³/mol. The van der Waals surface area contributed by atoms with Crippen LogP contribution in [0.4, 0.5) is 0 Å². The van der Waals surface area contributed by atoms with Crippen LogP contribution in [-0.4, -0.2) is 8.42 Å². The molecule has 1 aliphatic carbocycles. The highest BCUT2D eigenvalue weighted by molar-refractivity contribution is 7.87. The van der Waals surface area contributed by atoms with Gasteiger partial charge in [0.05, 0.1) is 0 Å². The zero-order valence-corrected chi connectivity index (χ0v) is 13.3. The van der Waals surface area contributed by atoms with E-state index in [2.05, 4.69) is 0 Å². The van der Waals surface area contributed by atoms with Crippen molar-refractivity contribution in [2.24, 2.45) is 0 Å². The molecule has 1 aliphatic rings. The molecule has 0 spiro atoms. The summed E-state index contributed by atoms with van der Waals surface area (Å²) < 4.78 is 30.0. The molecule has 4 heteroatoms. The van der Waals surface area contributed by atoms with Crippen molar-refractivity contribution >= 4 is 10.1 Å². The molecule has 3 nitrogen and oxygen atoms in total. The van der Waals surface area contributed by atoms with Crippen LogP contribution in [0.2, 0.25) is 0 Å². The van der Waals surface area contributed by atoms with E-state index in [9.17, 15) is 8.42 Å². The smallest absolute Gasteiger partial charge is 0.339 e. The van der Waals surface area contributed by atoms with Gasteiger partial charge in [0, 0.05) is 0 Å². The van der Waals surface area contributed by atoms with Crippen LogP contribution in [0.5, 0.6) is 5.75 Å². The molecule has 0 saturated heterocycles. The Hall–Kier alpha value is -1.81. The standard InChI is InChI=1S/C18H20O3S/c19-22(20,21-17-11-5-2-6-12-17)18-13-7-10-16(14-18)15-8-3-1-4-9-15/h2,5-7,10-15H,1,3-4,8-9H2. The summed E-state index contributed by atoms with van der Waals surface area (Å²) >= 11 is 0. The third kappa shape index (κ3) is 3.50. The van der Waals surface area contributed by atoms with Crippen molar-refractivity contribution in [1.82, 2.24) is 0 Å². The number of rotatable bonds is 4. The first-order valence-electron chi connectivity index (χ1n) is 7.75. The van der Waals surface area contributed by atoms with E-state index < -0.39 is 10.1 Å². The van der Waals surface area contributed by atoms with Gasteiger partial charge in [-0.2, -0.15) is 8.42 Å². The van der Waals surface area contributed by atoms with Gasteiger partial charge in [0.2, 0.25) is 0 Å². The summed E-state index contributed by atoms with van der Waals surface area (Å²) in [5.41, 5.74) is 1.11. The quantitative estimate of drug-likeness (QED) is 0.780. The first kappa shape index (κ1) is 15.1. The molecule has 0 aromatic heterocycles. The summed E-state index contributed by atoms with van der Waals surface area (Å²) in [5, 5.41) is 0. The molecular weight excluding hydrogens is 296 g/mol. The Morgan fingerprint density at radius 3 is 2.32 bits per heavy atom. The molecule has 2 aromatic rings. The fourth-order valence-electron chi connectivity index (χ4n) is 3.01. The summed E-state index contributed by atoms with van der Waals surface area (Å²) in [7, 11) is -3.77. The second-order valence-electron chi connectivity index (χ2n) is 5.76. The lowest BCUT2D eigenvalue weighted by atomic mass is 9.84. The lowest BCUT2D eigenvalue weighted by molar-refractivity contribution is 0.442. The first-order valence-corrected chi connectivity index (χ1v) is 9.15. The zero-order valence-electron chi connectivity index (χ0n) is 12.4. The maximum absolute atomic E-state index is 12.4. The van der Waals surface area contributed by atoms with Gasteiger partial charge in [0.1, 0.15) is 10.6 Å². The van der Waals surface area contributed by atoms with Crippen LogP contribution in [0, 0.1) is 0 Å². The van der Waals surface area contributed by atoms with Crippen LogP contribution in [0.1, 0.15) is 43.6 Å². The topological polar surface area (TPSA) is 43.4 Å². The largest absolute Gasteiger partial charge is 0.379 e. The van der Waals surface area contributed by atoms with Gasteiger partial charge >= 0.3 is 10.1 Å². The Morgan fingerprint density at radius 2 is 1.59 bits per heavy atom. The van der Waals surface area contributed by atoms with Crippen molar-refractivity contribution in [2.45, 2.75) is 42.9 Å². The van der Waals surface area contributed by atoms with Gasteiger partial charge in [0.25, 0.3) is 0 Å². The summed E-state index contributed by atoms with van der Waals surface area (Å²) in [6.07, 6.45) is 6.02. The first-order chi connectivity index (χ1) is 10.6. The molecule has 0 amide bonds. The maximum atomic E-state index is 12.4. The summed E-state index contributed by atoms with van der Waals surface area (Å²) in [5.74, 6) is 0.811.